The van der Waals surface area contributed by atoms with Crippen LogP contribution in [0.5, 0.6) is 11.5 Å². The van der Waals surface area contributed by atoms with E-state index in [0.717, 1.165) is 5.56 Å². The SMILES string of the molecule is Cc1ccc(OCc2nc(C(=O)O)c3cc(O)ccn23)cc1. The number of fused-ring (bicyclic) bond motifs is 1. The van der Waals surface area contributed by atoms with Crippen LogP contribution in [0.2, 0.25) is 0 Å². The number of hydrogen-bond donors (Lipinski definition) is 2. The summed E-state index contributed by atoms with van der Waals surface area (Å²) in [6.07, 6.45) is 1.57. The molecule has 3 rings (SSSR count). The molecular formula is C16H14N2O4. The molecule has 0 fully saturated rings. The number of aromatic hydroxyl groups is 1. The number of aromatic nitrogens is 2. The number of carboxylic acid groups (broad SMARTS) is 1. The lowest BCUT2D eigenvalue weighted by Crippen LogP contribution is -2.01. The Bertz CT molecular complexity index is 837. The van der Waals surface area contributed by atoms with E-state index < -0.39 is 5.97 Å². The lowest BCUT2D eigenvalue weighted by molar-refractivity contribution is 0.0693. The third-order valence-corrected chi connectivity index (χ3v) is 3.29. The van der Waals surface area contributed by atoms with Crippen molar-refractivity contribution in [3.63, 3.8) is 0 Å². The van der Waals surface area contributed by atoms with E-state index in [0.29, 0.717) is 17.1 Å². The molecule has 1 aromatic carbocycles. The number of ether oxygens (including phenoxy) is 1. The molecule has 6 heteroatoms. The monoisotopic (exact) mass is 298 g/mol. The second kappa shape index (κ2) is 5.40. The molecule has 2 heterocycles. The van der Waals surface area contributed by atoms with Crippen molar-refractivity contribution in [3.05, 3.63) is 59.7 Å². The molecule has 0 amide bonds. The minimum absolute atomic E-state index is 0.0131. The van der Waals surface area contributed by atoms with E-state index in [2.05, 4.69) is 4.98 Å². The largest absolute Gasteiger partial charge is 0.508 e. The molecule has 0 unspecified atom stereocenters. The first kappa shape index (κ1) is 13.9. The topological polar surface area (TPSA) is 84.1 Å². The van der Waals surface area contributed by atoms with E-state index in [-0.39, 0.29) is 18.1 Å². The van der Waals surface area contributed by atoms with Crippen molar-refractivity contribution < 1.29 is 19.7 Å². The maximum absolute atomic E-state index is 11.3. The van der Waals surface area contributed by atoms with Crippen molar-refractivity contribution in [2.45, 2.75) is 13.5 Å². The van der Waals surface area contributed by atoms with Crippen LogP contribution in [0.25, 0.3) is 5.52 Å². The average molecular weight is 298 g/mol. The number of imidazole rings is 1. The third-order valence-electron chi connectivity index (χ3n) is 3.29. The molecule has 22 heavy (non-hydrogen) atoms. The van der Waals surface area contributed by atoms with Crippen molar-refractivity contribution in [2.75, 3.05) is 0 Å². The van der Waals surface area contributed by atoms with Gasteiger partial charge in [-0.2, -0.15) is 0 Å². The maximum atomic E-state index is 11.3. The second-order valence-electron chi connectivity index (χ2n) is 4.92. The van der Waals surface area contributed by atoms with Gasteiger partial charge in [0.2, 0.25) is 0 Å². The molecule has 0 saturated heterocycles. The van der Waals surface area contributed by atoms with Gasteiger partial charge in [0, 0.05) is 12.3 Å². The fourth-order valence-electron chi connectivity index (χ4n) is 2.18. The predicted molar refractivity (Wildman–Crippen MR) is 79.3 cm³/mol. The quantitative estimate of drug-likeness (QED) is 0.773. The molecule has 6 nitrogen and oxygen atoms in total. The van der Waals surface area contributed by atoms with Crippen LogP contribution in [0.15, 0.2) is 42.6 Å². The predicted octanol–water partition coefficient (Wildman–Crippen LogP) is 2.63. The highest BCUT2D eigenvalue weighted by molar-refractivity contribution is 5.94. The van der Waals surface area contributed by atoms with Crippen LogP contribution in [0.1, 0.15) is 21.9 Å². The zero-order valence-electron chi connectivity index (χ0n) is 11.9. The summed E-state index contributed by atoms with van der Waals surface area (Å²) in [4.78, 5) is 15.3. The van der Waals surface area contributed by atoms with Gasteiger partial charge in [0.05, 0.1) is 5.52 Å². The molecule has 0 bridgehead atoms. The first-order valence-electron chi connectivity index (χ1n) is 6.67. The lowest BCUT2D eigenvalue weighted by atomic mass is 10.2. The number of rotatable bonds is 4. The Morgan fingerprint density at radius 3 is 2.68 bits per heavy atom. The summed E-state index contributed by atoms with van der Waals surface area (Å²) in [5.41, 5.74) is 1.34. The molecule has 0 atom stereocenters. The molecule has 2 aromatic heterocycles. The van der Waals surface area contributed by atoms with Crippen molar-refractivity contribution in [1.82, 2.24) is 9.38 Å². The molecule has 0 aliphatic carbocycles. The van der Waals surface area contributed by atoms with Crippen LogP contribution in [0.4, 0.5) is 0 Å². The normalized spacial score (nSPS) is 10.8. The second-order valence-corrected chi connectivity index (χ2v) is 4.92. The summed E-state index contributed by atoms with van der Waals surface area (Å²) in [6.45, 7) is 2.11. The molecule has 3 aromatic rings. The number of aromatic carboxylic acids is 1. The molecular weight excluding hydrogens is 284 g/mol. The number of aryl methyl sites for hydroxylation is 1. The van der Waals surface area contributed by atoms with Gasteiger partial charge in [0.15, 0.2) is 11.5 Å². The molecule has 0 spiro atoms. The van der Waals surface area contributed by atoms with Gasteiger partial charge in [-0.1, -0.05) is 17.7 Å². The summed E-state index contributed by atoms with van der Waals surface area (Å²) in [5.74, 6) is -0.0310. The Kier molecular flexibility index (Phi) is 3.42. The van der Waals surface area contributed by atoms with E-state index in [1.165, 1.54) is 12.1 Å². The summed E-state index contributed by atoms with van der Waals surface area (Å²) in [6, 6.07) is 10.4. The summed E-state index contributed by atoms with van der Waals surface area (Å²) < 4.78 is 7.23. The van der Waals surface area contributed by atoms with Gasteiger partial charge >= 0.3 is 5.97 Å². The number of benzene rings is 1. The number of pyridine rings is 1. The number of carbonyl (C=O) groups is 1. The van der Waals surface area contributed by atoms with E-state index in [1.54, 1.807) is 10.6 Å². The third kappa shape index (κ3) is 2.58. The van der Waals surface area contributed by atoms with Gasteiger partial charge in [0.1, 0.15) is 18.1 Å². The minimum atomic E-state index is -1.15. The zero-order chi connectivity index (χ0) is 15.7. The van der Waals surface area contributed by atoms with E-state index >= 15 is 0 Å². The van der Waals surface area contributed by atoms with Crippen LogP contribution >= 0.6 is 0 Å². The Balaban J connectivity index is 1.93. The Hall–Kier alpha value is -3.02. The Morgan fingerprint density at radius 1 is 1.27 bits per heavy atom. The van der Waals surface area contributed by atoms with E-state index in [4.69, 9.17) is 4.74 Å². The van der Waals surface area contributed by atoms with Gasteiger partial charge in [-0.05, 0) is 25.1 Å². The van der Waals surface area contributed by atoms with Crippen LogP contribution in [0.3, 0.4) is 0 Å². The Labute approximate surface area is 126 Å². The Morgan fingerprint density at radius 2 is 2.00 bits per heavy atom. The van der Waals surface area contributed by atoms with Crippen LogP contribution < -0.4 is 4.74 Å². The van der Waals surface area contributed by atoms with E-state index in [1.807, 2.05) is 31.2 Å². The smallest absolute Gasteiger partial charge is 0.356 e. The van der Waals surface area contributed by atoms with Crippen LogP contribution in [-0.2, 0) is 6.61 Å². The molecule has 0 radical (unpaired) electrons. The fraction of sp³-hybridized carbons (Fsp3) is 0.125. The lowest BCUT2D eigenvalue weighted by Gasteiger charge is -2.06. The van der Waals surface area contributed by atoms with Gasteiger partial charge in [-0.15, -0.1) is 0 Å². The van der Waals surface area contributed by atoms with Crippen molar-refractivity contribution in [2.24, 2.45) is 0 Å². The number of nitrogens with zero attached hydrogens (tertiary/aromatic N) is 2. The molecule has 0 aliphatic heterocycles. The van der Waals surface area contributed by atoms with Gasteiger partial charge < -0.3 is 14.9 Å². The van der Waals surface area contributed by atoms with Gasteiger partial charge in [-0.25, -0.2) is 9.78 Å². The summed E-state index contributed by atoms with van der Waals surface area (Å²) in [5, 5.41) is 18.7. The van der Waals surface area contributed by atoms with Crippen LogP contribution in [0, 0.1) is 6.92 Å². The van der Waals surface area contributed by atoms with Crippen molar-refractivity contribution in [1.29, 1.82) is 0 Å². The highest BCUT2D eigenvalue weighted by Crippen LogP contribution is 2.20. The average Bonchev–Trinajstić information content (AvgIpc) is 2.85. The van der Waals surface area contributed by atoms with Crippen molar-refractivity contribution in [3.8, 4) is 11.5 Å². The minimum Gasteiger partial charge on any atom is -0.508 e. The summed E-state index contributed by atoms with van der Waals surface area (Å²) >= 11 is 0. The summed E-state index contributed by atoms with van der Waals surface area (Å²) in [7, 11) is 0. The molecule has 0 saturated carbocycles. The molecule has 2 N–H and O–H groups in total. The maximum Gasteiger partial charge on any atom is 0.356 e. The zero-order valence-corrected chi connectivity index (χ0v) is 11.9. The highest BCUT2D eigenvalue weighted by Gasteiger charge is 2.17. The fourth-order valence-corrected chi connectivity index (χ4v) is 2.18. The van der Waals surface area contributed by atoms with Gasteiger partial charge in [0.25, 0.3) is 0 Å². The standard InChI is InChI=1S/C16H14N2O4/c1-10-2-4-12(5-3-10)22-9-14-17-15(16(20)21)13-8-11(19)6-7-18(13)14/h2-8,19H,9H2,1H3,(H,20,21). The van der Waals surface area contributed by atoms with Crippen molar-refractivity contribution >= 4 is 11.5 Å². The van der Waals surface area contributed by atoms with Crippen LogP contribution in [-0.4, -0.2) is 25.6 Å². The molecule has 0 aliphatic rings. The number of hydrogen-bond acceptors (Lipinski definition) is 4. The van der Waals surface area contributed by atoms with E-state index in [9.17, 15) is 15.0 Å². The first-order valence-corrected chi connectivity index (χ1v) is 6.67. The highest BCUT2D eigenvalue weighted by atomic mass is 16.5. The molecule has 112 valence electrons. The first-order chi connectivity index (χ1) is 10.5. The van der Waals surface area contributed by atoms with Gasteiger partial charge in [-0.3, -0.25) is 4.40 Å². The number of carboxylic acids is 1.